The van der Waals surface area contributed by atoms with E-state index in [1.807, 2.05) is 32.3 Å². The van der Waals surface area contributed by atoms with Crippen LogP contribution < -0.4 is 10.1 Å². The normalized spacial score (nSPS) is 10.6. The first kappa shape index (κ1) is 15.1. The van der Waals surface area contributed by atoms with Crippen molar-refractivity contribution in [2.75, 3.05) is 13.7 Å². The molecule has 1 aromatic heterocycles. The van der Waals surface area contributed by atoms with Crippen LogP contribution in [0.15, 0.2) is 30.6 Å². The van der Waals surface area contributed by atoms with Gasteiger partial charge in [-0.25, -0.2) is 0 Å². The minimum Gasteiger partial charge on any atom is -0.492 e. The predicted molar refractivity (Wildman–Crippen MR) is 83.6 cm³/mol. The first-order valence-corrected chi connectivity index (χ1v) is 7.12. The fraction of sp³-hybridized carbons (Fsp3) is 0.267. The molecule has 0 radical (unpaired) electrons. The molecule has 3 nitrogen and oxygen atoms in total. The molecule has 0 unspecified atom stereocenters. The molecule has 20 heavy (non-hydrogen) atoms. The lowest BCUT2D eigenvalue weighted by atomic mass is 10.1. The molecule has 1 heterocycles. The molecule has 0 amide bonds. The first-order chi connectivity index (χ1) is 9.65. The molecule has 5 heteroatoms. The molecule has 0 saturated carbocycles. The maximum Gasteiger partial charge on any atom is 0.139 e. The van der Waals surface area contributed by atoms with E-state index in [9.17, 15) is 0 Å². The number of hydrogen-bond donors (Lipinski definition) is 1. The van der Waals surface area contributed by atoms with Crippen molar-refractivity contribution >= 4 is 23.2 Å². The van der Waals surface area contributed by atoms with Crippen molar-refractivity contribution in [2.45, 2.75) is 13.5 Å². The third-order valence-corrected chi connectivity index (χ3v) is 3.42. The Morgan fingerprint density at radius 3 is 2.65 bits per heavy atom. The van der Waals surface area contributed by atoms with E-state index in [2.05, 4.69) is 10.3 Å². The highest BCUT2D eigenvalue weighted by Gasteiger charge is 2.10. The first-order valence-electron chi connectivity index (χ1n) is 6.36. The van der Waals surface area contributed by atoms with Crippen molar-refractivity contribution in [3.05, 3.63) is 46.2 Å². The molecule has 0 spiro atoms. The minimum atomic E-state index is 0.547. The van der Waals surface area contributed by atoms with Gasteiger partial charge in [0.25, 0.3) is 0 Å². The van der Waals surface area contributed by atoms with E-state index in [-0.39, 0.29) is 0 Å². The number of rotatable bonds is 5. The van der Waals surface area contributed by atoms with Gasteiger partial charge in [-0.1, -0.05) is 23.2 Å². The number of pyridine rings is 1. The summed E-state index contributed by atoms with van der Waals surface area (Å²) < 4.78 is 5.43. The van der Waals surface area contributed by atoms with Crippen molar-refractivity contribution in [1.82, 2.24) is 10.3 Å². The van der Waals surface area contributed by atoms with E-state index < -0.39 is 0 Å². The summed E-state index contributed by atoms with van der Waals surface area (Å²) in [7, 11) is 1.90. The van der Waals surface area contributed by atoms with E-state index in [0.717, 1.165) is 23.2 Å². The van der Waals surface area contributed by atoms with Crippen LogP contribution >= 0.6 is 23.2 Å². The fourth-order valence-corrected chi connectivity index (χ4v) is 2.43. The Kier molecular flexibility index (Phi) is 5.24. The molecular weight excluding hydrogens is 295 g/mol. The van der Waals surface area contributed by atoms with Gasteiger partial charge < -0.3 is 10.1 Å². The summed E-state index contributed by atoms with van der Waals surface area (Å²) in [6.07, 6.45) is 3.60. The van der Waals surface area contributed by atoms with Crippen LogP contribution in [-0.4, -0.2) is 18.6 Å². The molecular formula is C15H16Cl2N2O. The van der Waals surface area contributed by atoms with Gasteiger partial charge in [0.1, 0.15) is 5.75 Å². The topological polar surface area (TPSA) is 34.1 Å². The van der Waals surface area contributed by atoms with Crippen LogP contribution in [0.3, 0.4) is 0 Å². The van der Waals surface area contributed by atoms with Crippen LogP contribution in [0.2, 0.25) is 10.0 Å². The van der Waals surface area contributed by atoms with Crippen LogP contribution in [0.4, 0.5) is 0 Å². The Morgan fingerprint density at radius 1 is 1.15 bits per heavy atom. The standard InChI is InChI=1S/C15H16Cl2N2O/c1-3-20-15-6-13(16)12(5-14(15)17)11-4-10(7-18-2)8-19-9-11/h4-6,8-9,18H,3,7H2,1-2H3. The van der Waals surface area contributed by atoms with Crippen LogP contribution in [0.1, 0.15) is 12.5 Å². The number of nitrogens with zero attached hydrogens (tertiary/aromatic N) is 1. The average molecular weight is 311 g/mol. The molecule has 0 atom stereocenters. The third-order valence-electron chi connectivity index (χ3n) is 2.81. The van der Waals surface area contributed by atoms with Crippen LogP contribution in [0.25, 0.3) is 11.1 Å². The molecule has 106 valence electrons. The number of nitrogens with one attached hydrogen (secondary N) is 1. The van der Waals surface area contributed by atoms with Crippen molar-refractivity contribution in [2.24, 2.45) is 0 Å². The monoisotopic (exact) mass is 310 g/mol. The molecule has 0 aliphatic carbocycles. The summed E-state index contributed by atoms with van der Waals surface area (Å²) in [4.78, 5) is 4.24. The molecule has 1 N–H and O–H groups in total. The van der Waals surface area contributed by atoms with Gasteiger partial charge in [0.15, 0.2) is 0 Å². The minimum absolute atomic E-state index is 0.547. The maximum atomic E-state index is 6.32. The Labute approximate surface area is 128 Å². The van der Waals surface area contributed by atoms with Gasteiger partial charge in [-0.05, 0) is 31.7 Å². The van der Waals surface area contributed by atoms with E-state index in [1.54, 1.807) is 12.3 Å². The Balaban J connectivity index is 2.42. The molecule has 2 aromatic rings. The van der Waals surface area contributed by atoms with E-state index in [1.165, 1.54) is 0 Å². The van der Waals surface area contributed by atoms with Crippen molar-refractivity contribution < 1.29 is 4.74 Å². The van der Waals surface area contributed by atoms with Crippen LogP contribution in [-0.2, 0) is 6.54 Å². The van der Waals surface area contributed by atoms with Gasteiger partial charge in [0.2, 0.25) is 0 Å². The quantitative estimate of drug-likeness (QED) is 0.900. The van der Waals surface area contributed by atoms with Gasteiger partial charge in [0, 0.05) is 36.1 Å². The molecule has 2 rings (SSSR count). The molecule has 0 fully saturated rings. The second kappa shape index (κ2) is 6.93. The summed E-state index contributed by atoms with van der Waals surface area (Å²) in [6, 6.07) is 5.60. The van der Waals surface area contributed by atoms with Gasteiger partial charge >= 0.3 is 0 Å². The summed E-state index contributed by atoms with van der Waals surface area (Å²) in [6.45, 7) is 3.21. The van der Waals surface area contributed by atoms with Crippen molar-refractivity contribution in [3.63, 3.8) is 0 Å². The zero-order valence-electron chi connectivity index (χ0n) is 11.4. The molecule has 0 aliphatic rings. The predicted octanol–water partition coefficient (Wildman–Crippen LogP) is 4.17. The second-order valence-corrected chi connectivity index (χ2v) is 5.12. The highest BCUT2D eigenvalue weighted by atomic mass is 35.5. The van der Waals surface area contributed by atoms with Crippen LogP contribution in [0.5, 0.6) is 5.75 Å². The Morgan fingerprint density at radius 2 is 1.95 bits per heavy atom. The lowest BCUT2D eigenvalue weighted by Gasteiger charge is -2.11. The van der Waals surface area contributed by atoms with Crippen molar-refractivity contribution in [1.29, 1.82) is 0 Å². The zero-order valence-corrected chi connectivity index (χ0v) is 12.9. The van der Waals surface area contributed by atoms with Gasteiger partial charge in [-0.15, -0.1) is 0 Å². The summed E-state index contributed by atoms with van der Waals surface area (Å²) in [5.41, 5.74) is 2.88. The molecule has 0 bridgehead atoms. The summed E-state index contributed by atoms with van der Waals surface area (Å²) >= 11 is 12.5. The Hall–Kier alpha value is -1.29. The number of aromatic nitrogens is 1. The fourth-order valence-electron chi connectivity index (χ4n) is 1.95. The number of hydrogen-bond acceptors (Lipinski definition) is 3. The molecule has 0 saturated heterocycles. The van der Waals surface area contributed by atoms with E-state index in [4.69, 9.17) is 27.9 Å². The van der Waals surface area contributed by atoms with Crippen molar-refractivity contribution in [3.8, 4) is 16.9 Å². The summed E-state index contributed by atoms with van der Waals surface area (Å²) in [5.74, 6) is 0.599. The number of benzene rings is 1. The Bertz CT molecular complexity index is 602. The van der Waals surface area contributed by atoms with E-state index >= 15 is 0 Å². The lowest BCUT2D eigenvalue weighted by Crippen LogP contribution is -2.05. The highest BCUT2D eigenvalue weighted by molar-refractivity contribution is 6.36. The van der Waals surface area contributed by atoms with E-state index in [0.29, 0.717) is 22.4 Å². The molecule has 1 aromatic carbocycles. The SMILES string of the molecule is CCOc1cc(Cl)c(-c2cncc(CNC)c2)cc1Cl. The van der Waals surface area contributed by atoms with Gasteiger partial charge in [-0.2, -0.15) is 0 Å². The zero-order chi connectivity index (χ0) is 14.5. The number of ether oxygens (including phenoxy) is 1. The van der Waals surface area contributed by atoms with Gasteiger partial charge in [-0.3, -0.25) is 4.98 Å². The highest BCUT2D eigenvalue weighted by Crippen LogP contribution is 2.36. The van der Waals surface area contributed by atoms with Gasteiger partial charge in [0.05, 0.1) is 16.7 Å². The lowest BCUT2D eigenvalue weighted by molar-refractivity contribution is 0.340. The summed E-state index contributed by atoms with van der Waals surface area (Å²) in [5, 5.41) is 4.24. The second-order valence-electron chi connectivity index (χ2n) is 4.31. The largest absolute Gasteiger partial charge is 0.492 e. The number of halogens is 2. The average Bonchev–Trinajstić information content (AvgIpc) is 2.43. The maximum absolute atomic E-state index is 6.32. The smallest absolute Gasteiger partial charge is 0.139 e. The third kappa shape index (κ3) is 3.42. The van der Waals surface area contributed by atoms with Crippen LogP contribution in [0, 0.1) is 0 Å². The molecule has 0 aliphatic heterocycles.